The summed E-state index contributed by atoms with van der Waals surface area (Å²) in [5.41, 5.74) is 1.53. The van der Waals surface area contributed by atoms with Gasteiger partial charge in [-0.15, -0.1) is 0 Å². The van der Waals surface area contributed by atoms with Gasteiger partial charge in [0.2, 0.25) is 0 Å². The van der Waals surface area contributed by atoms with Crippen LogP contribution in [-0.2, 0) is 11.2 Å². The maximum atomic E-state index is 5.63. The Labute approximate surface area is 249 Å². The van der Waals surface area contributed by atoms with Crippen LogP contribution < -0.4 is 16.0 Å². The maximum absolute atomic E-state index is 5.63. The Morgan fingerprint density at radius 2 is 1.34 bits per heavy atom. The SMILES string of the molecule is C1NC2CC3CC1CC(C3)C2.COC1C2CC3CC(CC1C3C)N2.c1ccc(CC2C3CC4CC(C3)NC2C4)cc1. The molecule has 6 heterocycles. The van der Waals surface area contributed by atoms with E-state index in [2.05, 4.69) is 53.2 Å². The minimum Gasteiger partial charge on any atom is -0.380 e. The Balaban J connectivity index is 0.0000000961. The first-order valence-corrected chi connectivity index (χ1v) is 17.9. The zero-order valence-electron chi connectivity index (χ0n) is 25.9. The van der Waals surface area contributed by atoms with Crippen LogP contribution in [0.15, 0.2) is 30.3 Å². The van der Waals surface area contributed by atoms with Crippen molar-refractivity contribution in [1.82, 2.24) is 16.0 Å². The Hall–Kier alpha value is -0.940. The van der Waals surface area contributed by atoms with Crippen molar-refractivity contribution in [3.05, 3.63) is 35.9 Å². The summed E-state index contributed by atoms with van der Waals surface area (Å²) in [6.45, 7) is 3.76. The van der Waals surface area contributed by atoms with E-state index in [1.807, 2.05) is 7.11 Å². The summed E-state index contributed by atoms with van der Waals surface area (Å²) in [7, 11) is 1.88. The lowest BCUT2D eigenvalue weighted by atomic mass is 9.58. The molecule has 0 aromatic heterocycles. The van der Waals surface area contributed by atoms with Gasteiger partial charge in [-0.3, -0.25) is 0 Å². The Kier molecular flexibility index (Phi) is 7.76. The molecule has 1 aromatic carbocycles. The molecule has 13 unspecified atom stereocenters. The quantitative estimate of drug-likeness (QED) is 0.413. The molecule has 0 amide bonds. The molecule has 4 nitrogen and oxygen atoms in total. The van der Waals surface area contributed by atoms with Crippen molar-refractivity contribution in [2.45, 2.75) is 127 Å². The lowest BCUT2D eigenvalue weighted by Crippen LogP contribution is -2.66. The highest BCUT2D eigenvalue weighted by Gasteiger charge is 2.52. The van der Waals surface area contributed by atoms with Gasteiger partial charge in [-0.05, 0) is 149 Å². The fraction of sp³-hybridized carbons (Fsp3) is 0.838. The molecule has 41 heavy (non-hydrogen) atoms. The second kappa shape index (κ2) is 11.5. The van der Waals surface area contributed by atoms with Crippen molar-refractivity contribution < 1.29 is 4.74 Å². The van der Waals surface area contributed by atoms with Crippen molar-refractivity contribution in [2.24, 2.45) is 53.3 Å². The van der Waals surface area contributed by atoms with E-state index in [4.69, 9.17) is 4.74 Å². The van der Waals surface area contributed by atoms with Crippen LogP contribution >= 0.6 is 0 Å². The maximum Gasteiger partial charge on any atom is 0.0755 e. The molecule has 6 aliphatic heterocycles. The Morgan fingerprint density at radius 1 is 0.659 bits per heavy atom. The summed E-state index contributed by atoms with van der Waals surface area (Å²) in [6, 6.07) is 15.2. The van der Waals surface area contributed by atoms with E-state index in [0.717, 1.165) is 77.4 Å². The number of benzene rings is 1. The Morgan fingerprint density at radius 3 is 2.10 bits per heavy atom. The highest BCUT2D eigenvalue weighted by Crippen LogP contribution is 2.50. The zero-order valence-corrected chi connectivity index (χ0v) is 25.9. The van der Waals surface area contributed by atoms with Crippen LogP contribution in [0.1, 0.15) is 89.5 Å². The molecule has 6 saturated heterocycles. The smallest absolute Gasteiger partial charge is 0.0755 e. The van der Waals surface area contributed by atoms with E-state index < -0.39 is 0 Å². The number of piperidine rings is 4. The van der Waals surface area contributed by atoms with Gasteiger partial charge in [0.1, 0.15) is 0 Å². The fourth-order valence-electron chi connectivity index (χ4n) is 12.4. The highest BCUT2D eigenvalue weighted by atomic mass is 16.5. The van der Waals surface area contributed by atoms with Crippen LogP contribution in [0, 0.1) is 53.3 Å². The number of nitrogens with one attached hydrogen (secondary N) is 3. The van der Waals surface area contributed by atoms with Crippen LogP contribution in [-0.4, -0.2) is 50.0 Å². The Bertz CT molecular complexity index is 968. The van der Waals surface area contributed by atoms with Gasteiger partial charge in [0, 0.05) is 37.3 Å². The molecule has 13 rings (SSSR count). The van der Waals surface area contributed by atoms with Gasteiger partial charge in [0.25, 0.3) is 0 Å². The van der Waals surface area contributed by atoms with Crippen molar-refractivity contribution >= 4 is 0 Å². The van der Waals surface area contributed by atoms with Gasteiger partial charge >= 0.3 is 0 Å². The van der Waals surface area contributed by atoms with Gasteiger partial charge in [-0.1, -0.05) is 37.3 Å². The van der Waals surface area contributed by atoms with Crippen LogP contribution in [0.2, 0.25) is 0 Å². The molecular weight excluding hydrogens is 502 g/mol. The minimum atomic E-state index is 0.503. The predicted molar refractivity (Wildman–Crippen MR) is 167 cm³/mol. The molecule has 4 heteroatoms. The number of rotatable bonds is 3. The fourth-order valence-corrected chi connectivity index (χ4v) is 12.4. The molecule has 0 radical (unpaired) electrons. The van der Waals surface area contributed by atoms with Crippen LogP contribution in [0.4, 0.5) is 0 Å². The molecular formula is C37H57N3O. The van der Waals surface area contributed by atoms with Gasteiger partial charge in [-0.2, -0.15) is 0 Å². The summed E-state index contributed by atoms with van der Waals surface area (Å²) in [5.74, 6) is 8.96. The van der Waals surface area contributed by atoms with Gasteiger partial charge in [0.15, 0.2) is 0 Å². The lowest BCUT2D eigenvalue weighted by molar-refractivity contribution is -0.110. The third-order valence-corrected chi connectivity index (χ3v) is 13.9. The monoisotopic (exact) mass is 559 g/mol. The molecule has 6 aliphatic carbocycles. The third kappa shape index (κ3) is 5.58. The van der Waals surface area contributed by atoms with Crippen molar-refractivity contribution in [2.75, 3.05) is 13.7 Å². The second-order valence-corrected chi connectivity index (χ2v) is 16.4. The first-order valence-electron chi connectivity index (χ1n) is 17.9. The highest BCUT2D eigenvalue weighted by molar-refractivity contribution is 5.17. The first kappa shape index (κ1) is 27.6. The second-order valence-electron chi connectivity index (χ2n) is 16.4. The molecule has 12 fully saturated rings. The predicted octanol–water partition coefficient (Wildman–Crippen LogP) is 6.20. The van der Waals surface area contributed by atoms with E-state index in [0.29, 0.717) is 12.1 Å². The topological polar surface area (TPSA) is 45.3 Å². The summed E-state index contributed by atoms with van der Waals surface area (Å²) in [5, 5.41) is 11.3. The molecule has 0 spiro atoms. The number of hydrogen-bond acceptors (Lipinski definition) is 4. The van der Waals surface area contributed by atoms with Gasteiger partial charge in [0.05, 0.1) is 6.10 Å². The molecule has 6 saturated carbocycles. The number of ether oxygens (including phenoxy) is 1. The summed E-state index contributed by atoms with van der Waals surface area (Å²) < 4.78 is 5.63. The lowest BCUT2D eigenvalue weighted by Gasteiger charge is -2.57. The van der Waals surface area contributed by atoms with E-state index in [1.54, 1.807) is 19.3 Å². The normalized spacial score (nSPS) is 51.0. The minimum absolute atomic E-state index is 0.503. The van der Waals surface area contributed by atoms with Crippen LogP contribution in [0.3, 0.4) is 0 Å². The number of fused-ring (bicyclic) bond motifs is 1. The van der Waals surface area contributed by atoms with Gasteiger partial charge < -0.3 is 20.7 Å². The van der Waals surface area contributed by atoms with Crippen molar-refractivity contribution in [1.29, 1.82) is 0 Å². The van der Waals surface area contributed by atoms with E-state index in [1.165, 1.54) is 76.3 Å². The van der Waals surface area contributed by atoms with Crippen LogP contribution in [0.25, 0.3) is 0 Å². The van der Waals surface area contributed by atoms with Crippen LogP contribution in [0.5, 0.6) is 0 Å². The number of hydrogen-bond donors (Lipinski definition) is 3. The molecule has 3 N–H and O–H groups in total. The molecule has 226 valence electrons. The van der Waals surface area contributed by atoms with Gasteiger partial charge in [-0.25, -0.2) is 0 Å². The largest absolute Gasteiger partial charge is 0.380 e. The average molecular weight is 560 g/mol. The standard InChI is InChI=1S/C16H21N.C11H19NO.C10H17N/c1-2-4-11(5-3-1)8-15-13-6-12-7-14(10-13)17-16(15)9-12;1-6-7-3-8-5-9(6)11(13-2)10(4-7)12-8;1-7-2-9-3-8(1)5-10(4-7)11-6-9/h1-5,12-17H,6-10H2;6-12H,3-5H2,1-2H3;7-11H,1-6H2. The van der Waals surface area contributed by atoms with E-state index in [9.17, 15) is 0 Å². The summed E-state index contributed by atoms with van der Waals surface area (Å²) >= 11 is 0. The first-order chi connectivity index (χ1) is 20.1. The summed E-state index contributed by atoms with van der Waals surface area (Å²) in [4.78, 5) is 0. The number of methoxy groups -OCH3 is 1. The molecule has 1 aromatic rings. The molecule has 12 aliphatic rings. The van der Waals surface area contributed by atoms with Crippen molar-refractivity contribution in [3.63, 3.8) is 0 Å². The summed E-state index contributed by atoms with van der Waals surface area (Å²) in [6.07, 6.45) is 19.4. The third-order valence-electron chi connectivity index (χ3n) is 13.9. The molecule has 13 atom stereocenters. The van der Waals surface area contributed by atoms with E-state index >= 15 is 0 Å². The van der Waals surface area contributed by atoms with E-state index in [-0.39, 0.29) is 0 Å². The zero-order chi connectivity index (χ0) is 27.5. The van der Waals surface area contributed by atoms with Crippen molar-refractivity contribution in [3.8, 4) is 0 Å². The molecule has 12 bridgehead atoms. The average Bonchev–Trinajstić information content (AvgIpc) is 3.20.